The number of rotatable bonds is 6. The summed E-state index contributed by atoms with van der Waals surface area (Å²) in [6.07, 6.45) is 3.02. The van der Waals surface area contributed by atoms with Crippen LogP contribution in [0, 0.1) is 0 Å². The summed E-state index contributed by atoms with van der Waals surface area (Å²) in [6, 6.07) is -0.0336. The number of carboxylic acids is 1. The first-order valence-corrected chi connectivity index (χ1v) is 6.27. The number of carbonyl (C=O) groups excluding carboxylic acids is 1. The van der Waals surface area contributed by atoms with Crippen LogP contribution in [0.1, 0.15) is 32.6 Å². The molecule has 0 saturated carbocycles. The Morgan fingerprint density at radius 1 is 1.47 bits per heavy atom. The van der Waals surface area contributed by atoms with Gasteiger partial charge in [0, 0.05) is 13.6 Å². The van der Waals surface area contributed by atoms with Crippen molar-refractivity contribution in [2.45, 2.75) is 38.6 Å². The van der Waals surface area contributed by atoms with Gasteiger partial charge in [0.15, 0.2) is 0 Å². The molecule has 1 aliphatic rings. The lowest BCUT2D eigenvalue weighted by Crippen LogP contribution is -2.44. The van der Waals surface area contributed by atoms with Gasteiger partial charge in [0.2, 0.25) is 5.91 Å². The van der Waals surface area contributed by atoms with E-state index in [2.05, 4.69) is 11.8 Å². The highest BCUT2D eigenvalue weighted by Crippen LogP contribution is 2.19. The lowest BCUT2D eigenvalue weighted by atomic mass is 10.2. The lowest BCUT2D eigenvalue weighted by molar-refractivity contribution is -0.139. The molecule has 1 heterocycles. The summed E-state index contributed by atoms with van der Waals surface area (Å²) in [7, 11) is 1.69. The molecule has 1 unspecified atom stereocenters. The minimum absolute atomic E-state index is 0.0166. The van der Waals surface area contributed by atoms with Gasteiger partial charge in [-0.05, 0) is 32.4 Å². The van der Waals surface area contributed by atoms with Gasteiger partial charge in [0.1, 0.15) is 0 Å². The fourth-order valence-electron chi connectivity index (χ4n) is 2.29. The van der Waals surface area contributed by atoms with Crippen molar-refractivity contribution in [3.05, 3.63) is 0 Å². The zero-order valence-corrected chi connectivity index (χ0v) is 10.7. The summed E-state index contributed by atoms with van der Waals surface area (Å²) >= 11 is 0. The van der Waals surface area contributed by atoms with E-state index in [-0.39, 0.29) is 18.4 Å². The lowest BCUT2D eigenvalue weighted by Gasteiger charge is -2.27. The maximum atomic E-state index is 12.1. The van der Waals surface area contributed by atoms with E-state index in [1.165, 1.54) is 0 Å². The zero-order chi connectivity index (χ0) is 12.8. The fraction of sp³-hybridized carbons (Fsp3) is 0.833. The van der Waals surface area contributed by atoms with Crippen molar-refractivity contribution in [2.75, 3.05) is 26.7 Å². The van der Waals surface area contributed by atoms with Crippen LogP contribution in [0.25, 0.3) is 0 Å². The predicted molar refractivity (Wildman–Crippen MR) is 64.8 cm³/mol. The number of carboxylic acid groups (broad SMARTS) is 1. The second-order valence-corrected chi connectivity index (χ2v) is 4.60. The minimum atomic E-state index is -0.860. The van der Waals surface area contributed by atoms with E-state index in [1.54, 1.807) is 11.9 Å². The number of hydrogen-bond acceptors (Lipinski definition) is 3. The topological polar surface area (TPSA) is 60.9 Å². The van der Waals surface area contributed by atoms with Crippen LogP contribution in [0.5, 0.6) is 0 Å². The third-order valence-corrected chi connectivity index (χ3v) is 3.20. The summed E-state index contributed by atoms with van der Waals surface area (Å²) in [6.45, 7) is 4.33. The average Bonchev–Trinajstić information content (AvgIpc) is 2.73. The Balaban J connectivity index is 2.47. The Labute approximate surface area is 102 Å². The normalized spacial score (nSPS) is 20.5. The summed E-state index contributed by atoms with van der Waals surface area (Å²) < 4.78 is 0. The van der Waals surface area contributed by atoms with Gasteiger partial charge in [0.05, 0.1) is 12.5 Å². The van der Waals surface area contributed by atoms with Gasteiger partial charge in [-0.2, -0.15) is 0 Å². The van der Waals surface area contributed by atoms with E-state index in [0.717, 1.165) is 32.4 Å². The quantitative estimate of drug-likeness (QED) is 0.748. The van der Waals surface area contributed by atoms with Crippen molar-refractivity contribution in [3.63, 3.8) is 0 Å². The molecule has 0 aromatic rings. The first kappa shape index (κ1) is 14.0. The third kappa shape index (κ3) is 4.00. The summed E-state index contributed by atoms with van der Waals surface area (Å²) in [5, 5.41) is 8.60. The molecule has 0 aliphatic carbocycles. The van der Waals surface area contributed by atoms with Crippen molar-refractivity contribution < 1.29 is 14.7 Å². The molecule has 0 spiro atoms. The Bertz CT molecular complexity index is 281. The van der Waals surface area contributed by atoms with Crippen molar-refractivity contribution in [2.24, 2.45) is 0 Å². The Hall–Kier alpha value is -1.10. The molecule has 1 rings (SSSR count). The van der Waals surface area contributed by atoms with Crippen LogP contribution in [-0.2, 0) is 9.59 Å². The smallest absolute Gasteiger partial charge is 0.305 e. The first-order chi connectivity index (χ1) is 8.06. The number of nitrogens with zero attached hydrogens (tertiary/aromatic N) is 2. The SMILES string of the molecule is CCCN1CCCC1C(=O)N(C)CCC(=O)O. The first-order valence-electron chi connectivity index (χ1n) is 6.27. The molecule has 0 radical (unpaired) electrons. The molecule has 1 saturated heterocycles. The molecule has 1 aliphatic heterocycles. The molecule has 1 amide bonds. The predicted octanol–water partition coefficient (Wildman–Crippen LogP) is 0.794. The number of likely N-dealkylation sites (N-methyl/N-ethyl adjacent to an activating group) is 1. The number of hydrogen-bond donors (Lipinski definition) is 1. The molecule has 0 aromatic heterocycles. The standard InChI is InChI=1S/C12H22N2O3/c1-3-7-14-8-4-5-10(14)12(17)13(2)9-6-11(15)16/h10H,3-9H2,1-2H3,(H,15,16). The zero-order valence-electron chi connectivity index (χ0n) is 10.7. The largest absolute Gasteiger partial charge is 0.481 e. The van der Waals surface area contributed by atoms with Crippen LogP contribution in [0.3, 0.4) is 0 Å². The maximum Gasteiger partial charge on any atom is 0.305 e. The fourth-order valence-corrected chi connectivity index (χ4v) is 2.29. The summed E-state index contributed by atoms with van der Waals surface area (Å²) in [4.78, 5) is 26.4. The van der Waals surface area contributed by atoms with Crippen molar-refractivity contribution in [1.29, 1.82) is 0 Å². The van der Waals surface area contributed by atoms with Gasteiger partial charge in [-0.1, -0.05) is 6.92 Å². The molecule has 1 N–H and O–H groups in total. The van der Waals surface area contributed by atoms with E-state index in [1.807, 2.05) is 0 Å². The molecular formula is C12H22N2O3. The van der Waals surface area contributed by atoms with E-state index in [9.17, 15) is 9.59 Å². The van der Waals surface area contributed by atoms with Gasteiger partial charge < -0.3 is 10.0 Å². The van der Waals surface area contributed by atoms with Crippen LogP contribution in [0.4, 0.5) is 0 Å². The summed E-state index contributed by atoms with van der Waals surface area (Å²) in [5.74, 6) is -0.793. The van der Waals surface area contributed by atoms with Gasteiger partial charge in [0.25, 0.3) is 0 Å². The Kier molecular flexibility index (Phi) is 5.41. The molecule has 98 valence electrons. The Morgan fingerprint density at radius 2 is 2.18 bits per heavy atom. The van der Waals surface area contributed by atoms with E-state index in [0.29, 0.717) is 6.54 Å². The van der Waals surface area contributed by atoms with Gasteiger partial charge in [-0.15, -0.1) is 0 Å². The molecule has 1 fully saturated rings. The van der Waals surface area contributed by atoms with Crippen LogP contribution in [0.15, 0.2) is 0 Å². The second-order valence-electron chi connectivity index (χ2n) is 4.60. The van der Waals surface area contributed by atoms with Crippen LogP contribution >= 0.6 is 0 Å². The van der Waals surface area contributed by atoms with Crippen molar-refractivity contribution in [1.82, 2.24) is 9.80 Å². The number of aliphatic carboxylic acids is 1. The minimum Gasteiger partial charge on any atom is -0.481 e. The average molecular weight is 242 g/mol. The van der Waals surface area contributed by atoms with Gasteiger partial charge in [-0.3, -0.25) is 14.5 Å². The number of amides is 1. The van der Waals surface area contributed by atoms with Gasteiger partial charge >= 0.3 is 5.97 Å². The molecule has 5 nitrogen and oxygen atoms in total. The molecule has 1 atom stereocenters. The van der Waals surface area contributed by atoms with Gasteiger partial charge in [-0.25, -0.2) is 0 Å². The van der Waals surface area contributed by atoms with Crippen LogP contribution in [0.2, 0.25) is 0 Å². The van der Waals surface area contributed by atoms with Crippen molar-refractivity contribution >= 4 is 11.9 Å². The number of carbonyl (C=O) groups is 2. The van der Waals surface area contributed by atoms with E-state index in [4.69, 9.17) is 5.11 Å². The maximum absolute atomic E-state index is 12.1. The molecule has 17 heavy (non-hydrogen) atoms. The van der Waals surface area contributed by atoms with Crippen LogP contribution < -0.4 is 0 Å². The van der Waals surface area contributed by atoms with E-state index >= 15 is 0 Å². The second kappa shape index (κ2) is 6.59. The highest BCUT2D eigenvalue weighted by molar-refractivity contribution is 5.82. The molecular weight excluding hydrogens is 220 g/mol. The molecule has 5 heteroatoms. The van der Waals surface area contributed by atoms with E-state index < -0.39 is 5.97 Å². The van der Waals surface area contributed by atoms with Crippen LogP contribution in [-0.4, -0.2) is 59.5 Å². The third-order valence-electron chi connectivity index (χ3n) is 3.20. The highest BCUT2D eigenvalue weighted by atomic mass is 16.4. The Morgan fingerprint density at radius 3 is 2.76 bits per heavy atom. The molecule has 0 bridgehead atoms. The highest BCUT2D eigenvalue weighted by Gasteiger charge is 2.31. The monoisotopic (exact) mass is 242 g/mol. The number of likely N-dealkylation sites (tertiary alicyclic amines) is 1. The molecule has 0 aromatic carbocycles. The van der Waals surface area contributed by atoms with Crippen molar-refractivity contribution in [3.8, 4) is 0 Å². The summed E-state index contributed by atoms with van der Waals surface area (Å²) in [5.41, 5.74) is 0.